The van der Waals surface area contributed by atoms with Crippen molar-refractivity contribution < 1.29 is 22.1 Å². The highest BCUT2D eigenvalue weighted by molar-refractivity contribution is 7.90. The van der Waals surface area contributed by atoms with Gasteiger partial charge in [-0.3, -0.25) is 4.79 Å². The van der Waals surface area contributed by atoms with E-state index >= 15 is 0 Å². The first-order valence-corrected chi connectivity index (χ1v) is 12.5. The van der Waals surface area contributed by atoms with Gasteiger partial charge in [-0.2, -0.15) is 4.98 Å². The lowest BCUT2D eigenvalue weighted by Gasteiger charge is -2.26. The predicted molar refractivity (Wildman–Crippen MR) is 132 cm³/mol. The number of benzene rings is 2. The molecule has 2 aromatic carbocycles. The molecular formula is C23H27N7O4S. The third-order valence-corrected chi connectivity index (χ3v) is 6.68. The number of carbonyl (C=O) groups excluding carboxylic acids is 1. The number of ether oxygens (including phenoxy) is 1. The molecule has 1 aliphatic rings. The van der Waals surface area contributed by atoms with E-state index in [4.69, 9.17) is 8.85 Å². The third-order valence-electron chi connectivity index (χ3n) is 5.53. The van der Waals surface area contributed by atoms with Crippen LogP contribution in [-0.2, 0) is 22.8 Å². The van der Waals surface area contributed by atoms with Crippen molar-refractivity contribution in [1.82, 2.24) is 25.4 Å². The van der Waals surface area contributed by atoms with Crippen molar-refractivity contribution in [3.8, 4) is 5.75 Å². The van der Waals surface area contributed by atoms with Crippen LogP contribution in [0.4, 0.5) is 23.1 Å². The molecule has 0 radical (unpaired) electrons. The highest BCUT2D eigenvalue weighted by Gasteiger charge is 2.21. The summed E-state index contributed by atoms with van der Waals surface area (Å²) in [5, 5.41) is 15.6. The number of carbonyl (C=O) groups is 1. The van der Waals surface area contributed by atoms with Gasteiger partial charge in [-0.1, -0.05) is 12.1 Å². The molecule has 1 amide bonds. The fraction of sp³-hybridized carbons (Fsp3) is 0.304. The van der Waals surface area contributed by atoms with Crippen molar-refractivity contribution in [2.75, 3.05) is 44.6 Å². The normalized spacial score (nSPS) is 15.2. The molecule has 0 fully saturated rings. The smallest absolute Gasteiger partial charge is 0.275 e. The summed E-state index contributed by atoms with van der Waals surface area (Å²) in [6, 6.07) is 9.89. The molecule has 0 spiro atoms. The zero-order valence-electron chi connectivity index (χ0n) is 22.4. The third kappa shape index (κ3) is 5.33. The largest absolute Gasteiger partial charge is 0.495 e. The maximum Gasteiger partial charge on any atom is 0.275 e. The lowest BCUT2D eigenvalue weighted by atomic mass is 9.99. The predicted octanol–water partition coefficient (Wildman–Crippen LogP) is 2.12. The highest BCUT2D eigenvalue weighted by Crippen LogP contribution is 2.33. The van der Waals surface area contributed by atoms with Crippen LogP contribution in [0.25, 0.3) is 0 Å². The Labute approximate surface area is 208 Å². The minimum absolute atomic E-state index is 0.0304. The first-order chi connectivity index (χ1) is 17.8. The van der Waals surface area contributed by atoms with Crippen molar-refractivity contribution in [2.45, 2.75) is 17.9 Å². The molecule has 1 aromatic heterocycles. The van der Waals surface area contributed by atoms with Crippen molar-refractivity contribution >= 4 is 38.9 Å². The first kappa shape index (κ1) is 20.6. The van der Waals surface area contributed by atoms with E-state index in [-0.39, 0.29) is 22.3 Å². The van der Waals surface area contributed by atoms with E-state index < -0.39 is 28.4 Å². The molecule has 3 aromatic rings. The van der Waals surface area contributed by atoms with Crippen LogP contribution in [0.2, 0.25) is 0 Å². The SMILES string of the molecule is [2H]C([2H])([2H])NC(=O)c1nnc(Nc2cc3c(cc2OC)CCN(C)C3)nc1Nc1ccccc1S(C)(=O)=O. The zero-order chi connectivity index (χ0) is 27.7. The summed E-state index contributed by atoms with van der Waals surface area (Å²) >= 11 is 0. The van der Waals surface area contributed by atoms with Gasteiger partial charge in [0, 0.05) is 30.4 Å². The fourth-order valence-electron chi connectivity index (χ4n) is 3.81. The quantitative estimate of drug-likeness (QED) is 0.442. The Morgan fingerprint density at radius 2 is 1.94 bits per heavy atom. The van der Waals surface area contributed by atoms with Crippen LogP contribution in [0.15, 0.2) is 41.3 Å². The van der Waals surface area contributed by atoms with Crippen molar-refractivity contribution in [3.63, 3.8) is 0 Å². The second-order valence-corrected chi connectivity index (χ2v) is 10.1. The minimum Gasteiger partial charge on any atom is -0.495 e. The molecule has 0 atom stereocenters. The lowest BCUT2D eigenvalue weighted by Crippen LogP contribution is -2.26. The summed E-state index contributed by atoms with van der Waals surface area (Å²) in [7, 11) is -0.0791. The number of aromatic nitrogens is 3. The van der Waals surface area contributed by atoms with Gasteiger partial charge in [-0.25, -0.2) is 8.42 Å². The van der Waals surface area contributed by atoms with E-state index in [2.05, 4.69) is 30.7 Å². The fourth-order valence-corrected chi connectivity index (χ4v) is 4.66. The van der Waals surface area contributed by atoms with Crippen LogP contribution in [0, 0.1) is 0 Å². The number of amides is 1. The molecule has 11 nitrogen and oxygen atoms in total. The molecule has 12 heteroatoms. The Morgan fingerprint density at radius 1 is 1.14 bits per heavy atom. The van der Waals surface area contributed by atoms with E-state index in [0.717, 1.165) is 31.3 Å². The molecule has 0 saturated carbocycles. The Kier molecular flexibility index (Phi) is 5.79. The summed E-state index contributed by atoms with van der Waals surface area (Å²) in [5.41, 5.74) is 2.52. The van der Waals surface area contributed by atoms with Gasteiger partial charge in [0.2, 0.25) is 5.95 Å². The van der Waals surface area contributed by atoms with Gasteiger partial charge in [0.05, 0.1) is 23.4 Å². The van der Waals surface area contributed by atoms with Gasteiger partial charge < -0.3 is 25.6 Å². The molecule has 2 heterocycles. The zero-order valence-corrected chi connectivity index (χ0v) is 20.2. The van der Waals surface area contributed by atoms with E-state index in [1.807, 2.05) is 24.5 Å². The highest BCUT2D eigenvalue weighted by atomic mass is 32.2. The van der Waals surface area contributed by atoms with Crippen LogP contribution < -0.4 is 20.7 Å². The number of nitrogens with one attached hydrogen (secondary N) is 3. The topological polar surface area (TPSA) is 138 Å². The maximum absolute atomic E-state index is 12.7. The number of sulfone groups is 1. The number of fused-ring (bicyclic) bond motifs is 1. The summed E-state index contributed by atoms with van der Waals surface area (Å²) in [6.45, 7) is -1.11. The number of hydrogen-bond donors (Lipinski definition) is 3. The van der Waals surface area contributed by atoms with Gasteiger partial charge >= 0.3 is 0 Å². The van der Waals surface area contributed by atoms with Crippen molar-refractivity contribution in [3.05, 3.63) is 53.2 Å². The number of hydrogen-bond acceptors (Lipinski definition) is 10. The number of nitrogens with zero attached hydrogens (tertiary/aromatic N) is 4. The van der Waals surface area contributed by atoms with E-state index in [1.54, 1.807) is 19.2 Å². The molecule has 0 bridgehead atoms. The Morgan fingerprint density at radius 3 is 2.69 bits per heavy atom. The number of para-hydroxylation sites is 1. The second kappa shape index (κ2) is 9.84. The van der Waals surface area contributed by atoms with Crippen LogP contribution in [0.3, 0.4) is 0 Å². The molecule has 0 aliphatic carbocycles. The Hall–Kier alpha value is -3.77. The van der Waals surface area contributed by atoms with Gasteiger partial charge in [0.25, 0.3) is 5.91 Å². The Balaban J connectivity index is 1.75. The molecule has 3 N–H and O–H groups in total. The van der Waals surface area contributed by atoms with E-state index in [9.17, 15) is 13.2 Å². The van der Waals surface area contributed by atoms with Crippen molar-refractivity contribution in [2.24, 2.45) is 0 Å². The monoisotopic (exact) mass is 500 g/mol. The standard InChI is InChI=1S/C23H27N7O4S/c1-24-22(31)20-21(25-16-7-5-6-8-19(16)35(4,32)33)27-23(29-28-20)26-17-11-15-13-30(2)10-9-14(15)12-18(17)34-3/h5-8,11-12H,9-10,13H2,1-4H3,(H,24,31)(H2,25,26,27,29)/i1D3. The number of anilines is 4. The maximum atomic E-state index is 12.7. The number of likely N-dealkylation sites (N-methyl/N-ethyl adjacent to an activating group) is 1. The Bertz CT molecular complexity index is 1480. The molecule has 35 heavy (non-hydrogen) atoms. The molecule has 4 rings (SSSR count). The van der Waals surface area contributed by atoms with Crippen LogP contribution in [-0.4, -0.2) is 68.3 Å². The van der Waals surface area contributed by atoms with Gasteiger partial charge in [-0.15, -0.1) is 10.2 Å². The molecule has 1 aliphatic heterocycles. The summed E-state index contributed by atoms with van der Waals surface area (Å²) in [4.78, 5) is 19.2. The van der Waals surface area contributed by atoms with Crippen LogP contribution in [0.5, 0.6) is 5.75 Å². The average molecular weight is 501 g/mol. The molecule has 0 unspecified atom stereocenters. The van der Waals surface area contributed by atoms with Crippen LogP contribution in [0.1, 0.15) is 25.7 Å². The number of methoxy groups -OCH3 is 1. The van der Waals surface area contributed by atoms with Crippen LogP contribution >= 0.6 is 0 Å². The second-order valence-electron chi connectivity index (χ2n) is 8.11. The minimum atomic E-state index is -3.65. The van der Waals surface area contributed by atoms with Crippen molar-refractivity contribution in [1.29, 1.82) is 0 Å². The van der Waals surface area contributed by atoms with Gasteiger partial charge in [0.15, 0.2) is 21.3 Å². The molecule has 184 valence electrons. The summed E-state index contributed by atoms with van der Waals surface area (Å²) < 4.78 is 52.2. The summed E-state index contributed by atoms with van der Waals surface area (Å²) in [5.74, 6) is -0.738. The molecule has 0 saturated heterocycles. The average Bonchev–Trinajstić information content (AvgIpc) is 2.82. The van der Waals surface area contributed by atoms with E-state index in [0.29, 0.717) is 11.4 Å². The molecular weight excluding hydrogens is 470 g/mol. The summed E-state index contributed by atoms with van der Waals surface area (Å²) in [6.07, 6.45) is 1.92. The lowest BCUT2D eigenvalue weighted by molar-refractivity contribution is 0.0957. The number of rotatable bonds is 7. The van der Waals surface area contributed by atoms with Gasteiger partial charge in [-0.05, 0) is 48.9 Å². The van der Waals surface area contributed by atoms with Gasteiger partial charge in [0.1, 0.15) is 5.75 Å². The van der Waals surface area contributed by atoms with E-state index in [1.165, 1.54) is 17.7 Å². The first-order valence-electron chi connectivity index (χ1n) is 12.1.